The molecule has 0 heterocycles. The van der Waals surface area contributed by atoms with Crippen LogP contribution in [0, 0.1) is 23.0 Å². The van der Waals surface area contributed by atoms with Crippen LogP contribution in [-0.4, -0.2) is 11.0 Å². The average molecular weight is 341 g/mol. The predicted octanol–water partition coefficient (Wildman–Crippen LogP) is 5.11. The minimum Gasteiger partial charge on any atom is -0.287 e. The van der Waals surface area contributed by atoms with Crippen molar-refractivity contribution in [1.82, 2.24) is 0 Å². The summed E-state index contributed by atoms with van der Waals surface area (Å²) in [6, 6.07) is 1.40. The Morgan fingerprint density at radius 1 is 1.35 bits per heavy atom. The summed E-state index contributed by atoms with van der Waals surface area (Å²) in [5, 5.41) is 2.49. The number of rotatable bonds is 5. The molecule has 0 saturated carbocycles. The van der Waals surface area contributed by atoms with E-state index in [0.29, 0.717) is 17.8 Å². The zero-order chi connectivity index (χ0) is 17.8. The monoisotopic (exact) mass is 341 g/mol. The van der Waals surface area contributed by atoms with Gasteiger partial charge in [0.2, 0.25) is 0 Å². The summed E-state index contributed by atoms with van der Waals surface area (Å²) in [5.41, 5.74) is 7.39. The molecule has 124 valence electrons. The van der Waals surface area contributed by atoms with Crippen LogP contribution in [0.15, 0.2) is 22.1 Å². The number of hydrogen-bond acceptors (Lipinski definition) is 3. The number of amides is 1. The van der Waals surface area contributed by atoms with Gasteiger partial charge in [-0.2, -0.15) is 0 Å². The fourth-order valence-corrected chi connectivity index (χ4v) is 2.73. The van der Waals surface area contributed by atoms with E-state index >= 15 is 0 Å². The molecule has 0 saturated heterocycles. The second-order valence-electron chi connectivity index (χ2n) is 5.74. The quantitative estimate of drug-likeness (QED) is 0.323. The van der Waals surface area contributed by atoms with Gasteiger partial charge in [-0.1, -0.05) is 34.1 Å². The van der Waals surface area contributed by atoms with Crippen molar-refractivity contribution in [1.29, 1.82) is 0 Å². The Morgan fingerprint density at radius 3 is 2.48 bits per heavy atom. The maximum absolute atomic E-state index is 13.9. The first-order valence-electron chi connectivity index (χ1n) is 6.94. The van der Waals surface area contributed by atoms with Gasteiger partial charge in [-0.15, -0.1) is 0 Å². The van der Waals surface area contributed by atoms with Crippen LogP contribution in [0.4, 0.5) is 8.78 Å². The lowest BCUT2D eigenvalue weighted by Gasteiger charge is -2.29. The summed E-state index contributed by atoms with van der Waals surface area (Å²) >= 11 is 0.611. The highest BCUT2D eigenvalue weighted by atomic mass is 32.2. The Kier molecular flexibility index (Phi) is 6.29. The minimum absolute atomic E-state index is 0.174. The molecule has 0 radical (unpaired) electrons. The van der Waals surface area contributed by atoms with Crippen LogP contribution in [-0.2, 0) is 4.79 Å². The Morgan fingerprint density at radius 2 is 1.96 bits per heavy atom. The zero-order valence-corrected chi connectivity index (χ0v) is 14.1. The smallest absolute Gasteiger partial charge is 0.252 e. The molecule has 0 spiro atoms. The van der Waals surface area contributed by atoms with Gasteiger partial charge in [0.15, 0.2) is 5.12 Å². The number of halogens is 2. The van der Waals surface area contributed by atoms with Crippen LogP contribution in [0.25, 0.3) is 10.4 Å². The van der Waals surface area contributed by atoms with Gasteiger partial charge < -0.3 is 0 Å². The second kappa shape index (κ2) is 7.57. The topological polar surface area (TPSA) is 82.9 Å². The summed E-state index contributed by atoms with van der Waals surface area (Å²) in [6.45, 7) is 7.54. The maximum Gasteiger partial charge on any atom is 0.252 e. The number of benzene rings is 1. The fourth-order valence-electron chi connectivity index (χ4n) is 1.69. The summed E-state index contributed by atoms with van der Waals surface area (Å²) in [4.78, 5) is 25.9. The summed E-state index contributed by atoms with van der Waals surface area (Å²) in [6.07, 6.45) is 0.757. The van der Waals surface area contributed by atoms with Crippen LogP contribution in [0.1, 0.15) is 44.5 Å². The third-order valence-electron chi connectivity index (χ3n) is 4.04. The van der Waals surface area contributed by atoms with Crippen LogP contribution in [0.3, 0.4) is 0 Å². The fraction of sp³-hybridized carbons (Fsp3) is 0.467. The number of hydrogen-bond donors (Lipinski definition) is 0. The van der Waals surface area contributed by atoms with Crippen LogP contribution in [0.2, 0.25) is 0 Å². The SMILES string of the molecule is CCC(C)(C)C(C)C(=O)Sc1cc(C(=O)N=[N+]=[N-])c(F)cc1F. The first kappa shape index (κ1) is 19.1. The van der Waals surface area contributed by atoms with Crippen molar-refractivity contribution in [2.75, 3.05) is 0 Å². The first-order chi connectivity index (χ1) is 10.6. The van der Waals surface area contributed by atoms with Crippen molar-refractivity contribution in [2.24, 2.45) is 16.4 Å². The highest BCUT2D eigenvalue weighted by molar-refractivity contribution is 8.13. The molecule has 1 rings (SSSR count). The molecule has 1 unspecified atom stereocenters. The number of carbonyl (C=O) groups is 2. The Labute approximate surface area is 137 Å². The van der Waals surface area contributed by atoms with Gasteiger partial charge in [0, 0.05) is 16.9 Å². The lowest BCUT2D eigenvalue weighted by atomic mass is 9.78. The van der Waals surface area contributed by atoms with Crippen LogP contribution in [0.5, 0.6) is 0 Å². The van der Waals surface area contributed by atoms with Crippen LogP contribution >= 0.6 is 11.8 Å². The molecule has 8 heteroatoms. The minimum atomic E-state index is -1.17. The van der Waals surface area contributed by atoms with Gasteiger partial charge in [-0.25, -0.2) is 8.78 Å². The van der Waals surface area contributed by atoms with Crippen LogP contribution < -0.4 is 0 Å². The lowest BCUT2D eigenvalue weighted by molar-refractivity contribution is -0.117. The molecule has 0 aliphatic heterocycles. The molecule has 1 aromatic rings. The van der Waals surface area contributed by atoms with Crippen molar-refractivity contribution in [3.05, 3.63) is 39.8 Å². The Hall–Kier alpha value is -1.92. The van der Waals surface area contributed by atoms with Crippen molar-refractivity contribution in [3.8, 4) is 0 Å². The zero-order valence-electron chi connectivity index (χ0n) is 13.3. The predicted molar refractivity (Wildman–Crippen MR) is 83.9 cm³/mol. The highest BCUT2D eigenvalue weighted by Gasteiger charge is 2.31. The molecule has 1 aromatic carbocycles. The first-order valence-corrected chi connectivity index (χ1v) is 7.75. The molecular weight excluding hydrogens is 324 g/mol. The summed E-state index contributed by atoms with van der Waals surface area (Å²) in [5.74, 6) is -3.61. The standard InChI is InChI=1S/C15H17F2N3O2S/c1-5-15(3,4)8(2)14(22)23-12-6-9(13(21)19-20-18)10(16)7-11(12)17/h6-8H,5H2,1-4H3. The Balaban J connectivity index is 3.14. The van der Waals surface area contributed by atoms with Crippen molar-refractivity contribution < 1.29 is 18.4 Å². The van der Waals surface area contributed by atoms with Gasteiger partial charge in [0.05, 0.1) is 10.5 Å². The molecule has 23 heavy (non-hydrogen) atoms. The molecule has 0 aliphatic rings. The third-order valence-corrected chi connectivity index (χ3v) is 5.12. The number of carbonyl (C=O) groups excluding carboxylic acids is 2. The highest BCUT2D eigenvalue weighted by Crippen LogP contribution is 2.36. The second-order valence-corrected chi connectivity index (χ2v) is 6.79. The molecule has 0 fully saturated rings. The van der Waals surface area contributed by atoms with E-state index in [4.69, 9.17) is 5.53 Å². The molecular formula is C15H17F2N3O2S. The number of nitrogens with zero attached hydrogens (tertiary/aromatic N) is 3. The van der Waals surface area contributed by atoms with E-state index < -0.39 is 23.1 Å². The van der Waals surface area contributed by atoms with Gasteiger partial charge in [-0.05, 0) is 33.9 Å². The number of azide groups is 1. The molecule has 0 aromatic heterocycles. The maximum atomic E-state index is 13.9. The van der Waals surface area contributed by atoms with E-state index in [1.807, 2.05) is 20.8 Å². The molecule has 1 atom stereocenters. The number of thioether (sulfide) groups is 1. The van der Waals surface area contributed by atoms with E-state index in [1.54, 1.807) is 6.92 Å². The normalized spacial score (nSPS) is 12.4. The van der Waals surface area contributed by atoms with E-state index in [2.05, 4.69) is 10.0 Å². The van der Waals surface area contributed by atoms with Crippen molar-refractivity contribution in [2.45, 2.75) is 39.0 Å². The molecule has 0 N–H and O–H groups in total. The van der Waals surface area contributed by atoms with Gasteiger partial charge >= 0.3 is 0 Å². The molecule has 5 nitrogen and oxygen atoms in total. The van der Waals surface area contributed by atoms with Gasteiger partial charge in [-0.3, -0.25) is 9.59 Å². The summed E-state index contributed by atoms with van der Waals surface area (Å²) in [7, 11) is 0. The van der Waals surface area contributed by atoms with E-state index in [9.17, 15) is 18.4 Å². The average Bonchev–Trinajstić information content (AvgIpc) is 2.49. The molecule has 0 bridgehead atoms. The molecule has 0 aliphatic carbocycles. The van der Waals surface area contributed by atoms with Crippen molar-refractivity contribution >= 4 is 22.8 Å². The van der Waals surface area contributed by atoms with E-state index in [0.717, 1.165) is 12.5 Å². The summed E-state index contributed by atoms with van der Waals surface area (Å²) < 4.78 is 27.5. The van der Waals surface area contributed by atoms with E-state index in [-0.39, 0.29) is 21.3 Å². The van der Waals surface area contributed by atoms with Gasteiger partial charge in [0.25, 0.3) is 5.91 Å². The lowest BCUT2D eigenvalue weighted by Crippen LogP contribution is -2.26. The van der Waals surface area contributed by atoms with Crippen molar-refractivity contribution in [3.63, 3.8) is 0 Å². The Bertz CT molecular complexity index is 686. The van der Waals surface area contributed by atoms with Gasteiger partial charge in [0.1, 0.15) is 11.6 Å². The molecule has 1 amide bonds. The van der Waals surface area contributed by atoms with E-state index in [1.165, 1.54) is 0 Å². The largest absolute Gasteiger partial charge is 0.287 e. The third kappa shape index (κ3) is 4.53.